The third-order valence-corrected chi connectivity index (χ3v) is 7.32. The van der Waals surface area contributed by atoms with Crippen LogP contribution in [0.2, 0.25) is 0 Å². The molecule has 0 saturated heterocycles. The first kappa shape index (κ1) is 26.6. The predicted molar refractivity (Wildman–Crippen MR) is 130 cm³/mol. The van der Waals surface area contributed by atoms with E-state index in [-0.39, 0.29) is 24.3 Å². The lowest BCUT2D eigenvalue weighted by atomic mass is 9.77. The van der Waals surface area contributed by atoms with Gasteiger partial charge in [0.25, 0.3) is 0 Å². The van der Waals surface area contributed by atoms with E-state index in [1.54, 1.807) is 13.8 Å². The van der Waals surface area contributed by atoms with Crippen LogP contribution >= 0.6 is 0 Å². The predicted octanol–water partition coefficient (Wildman–Crippen LogP) is 9.19. The molecule has 0 heterocycles. The van der Waals surface area contributed by atoms with Gasteiger partial charge >= 0.3 is 6.18 Å². The summed E-state index contributed by atoms with van der Waals surface area (Å²) >= 11 is 0. The summed E-state index contributed by atoms with van der Waals surface area (Å²) in [5.74, 6) is -0.200. The minimum atomic E-state index is -4.77. The number of hydrogen-bond donors (Lipinski definition) is 0. The third-order valence-electron chi connectivity index (χ3n) is 7.32. The maximum atomic E-state index is 14.6. The van der Waals surface area contributed by atoms with Crippen LogP contribution in [-0.4, -0.2) is 6.61 Å². The van der Waals surface area contributed by atoms with E-state index in [0.29, 0.717) is 17.9 Å². The van der Waals surface area contributed by atoms with Crippen LogP contribution in [-0.2, 0) is 19.0 Å². The number of benzene rings is 2. The lowest BCUT2D eigenvalue weighted by Crippen LogP contribution is -2.16. The molecule has 34 heavy (non-hydrogen) atoms. The fraction of sp³-hybridized carbons (Fsp3) is 0.586. The van der Waals surface area contributed by atoms with Crippen LogP contribution in [0.5, 0.6) is 5.75 Å². The van der Waals surface area contributed by atoms with E-state index in [4.69, 9.17) is 4.74 Å². The summed E-state index contributed by atoms with van der Waals surface area (Å²) in [6.07, 6.45) is 6.11. The number of unbranched alkanes of at least 4 members (excludes halogenated alkanes) is 2. The average Bonchev–Trinajstić information content (AvgIpc) is 2.80. The zero-order valence-corrected chi connectivity index (χ0v) is 20.7. The maximum Gasteiger partial charge on any atom is 0.419 e. The lowest BCUT2D eigenvalue weighted by molar-refractivity contribution is -0.140. The molecule has 2 aromatic carbocycles. The van der Waals surface area contributed by atoms with Gasteiger partial charge in [0.05, 0.1) is 12.2 Å². The molecular formula is C29H38F4O. The molecule has 1 fully saturated rings. The summed E-state index contributed by atoms with van der Waals surface area (Å²) in [6, 6.07) is 9.69. The van der Waals surface area contributed by atoms with Crippen LogP contribution in [0.25, 0.3) is 0 Å². The van der Waals surface area contributed by atoms with E-state index < -0.39 is 17.6 Å². The normalized spacial score (nSPS) is 18.8. The fourth-order valence-corrected chi connectivity index (χ4v) is 5.37. The Morgan fingerprint density at radius 2 is 1.62 bits per heavy atom. The summed E-state index contributed by atoms with van der Waals surface area (Å²) in [5, 5.41) is 0. The number of ether oxygens (including phenoxy) is 1. The summed E-state index contributed by atoms with van der Waals surface area (Å²) in [4.78, 5) is 0. The number of aryl methyl sites for hydroxylation is 2. The van der Waals surface area contributed by atoms with Crippen molar-refractivity contribution in [2.45, 2.75) is 97.1 Å². The first-order valence-corrected chi connectivity index (χ1v) is 12.8. The molecule has 0 unspecified atom stereocenters. The van der Waals surface area contributed by atoms with Gasteiger partial charge in [0.15, 0.2) is 11.6 Å². The van der Waals surface area contributed by atoms with Crippen molar-refractivity contribution >= 4 is 0 Å². The minimum Gasteiger partial charge on any atom is -0.491 e. The van der Waals surface area contributed by atoms with Crippen molar-refractivity contribution < 1.29 is 22.3 Å². The largest absolute Gasteiger partial charge is 0.491 e. The number of alkyl halides is 3. The molecule has 1 saturated carbocycles. The van der Waals surface area contributed by atoms with Crippen LogP contribution in [0, 0.1) is 18.7 Å². The van der Waals surface area contributed by atoms with Crippen LogP contribution in [0.3, 0.4) is 0 Å². The van der Waals surface area contributed by atoms with Gasteiger partial charge in [0.1, 0.15) is 0 Å². The standard InChI is InChI=1S/C29H38F4O/c1-4-6-7-8-21-9-14-23(15-10-21)24-16-11-22(12-17-24)13-18-25-20(3)19-26(34-5-2)28(30)27(25)29(31,32)33/h11-12,16-17,19,21,23H,4-10,13-15,18H2,1-3H3. The van der Waals surface area contributed by atoms with E-state index in [1.165, 1.54) is 63.0 Å². The molecular weight excluding hydrogens is 440 g/mol. The van der Waals surface area contributed by atoms with Gasteiger partial charge in [0.2, 0.25) is 0 Å². The molecule has 5 heteroatoms. The van der Waals surface area contributed by atoms with Crippen molar-refractivity contribution in [1.29, 1.82) is 0 Å². The number of rotatable bonds is 10. The highest BCUT2D eigenvalue weighted by Gasteiger charge is 2.39. The van der Waals surface area contributed by atoms with Gasteiger partial charge in [-0.05, 0) is 92.5 Å². The molecule has 0 spiro atoms. The summed E-state index contributed by atoms with van der Waals surface area (Å²) < 4.78 is 60.9. The molecule has 0 bridgehead atoms. The molecule has 0 aromatic heterocycles. The van der Waals surface area contributed by atoms with E-state index in [2.05, 4.69) is 19.1 Å². The van der Waals surface area contributed by atoms with Gasteiger partial charge in [-0.3, -0.25) is 0 Å². The zero-order chi connectivity index (χ0) is 24.7. The Labute approximate surface area is 201 Å². The van der Waals surface area contributed by atoms with Gasteiger partial charge in [-0.2, -0.15) is 13.2 Å². The van der Waals surface area contributed by atoms with Gasteiger partial charge < -0.3 is 4.74 Å². The molecule has 2 aromatic rings. The fourth-order valence-electron chi connectivity index (χ4n) is 5.37. The van der Waals surface area contributed by atoms with Gasteiger partial charge in [-0.1, -0.05) is 56.9 Å². The molecule has 1 nitrogen and oxygen atoms in total. The van der Waals surface area contributed by atoms with Crippen molar-refractivity contribution in [1.82, 2.24) is 0 Å². The first-order valence-electron chi connectivity index (χ1n) is 12.8. The molecule has 3 rings (SSSR count). The van der Waals surface area contributed by atoms with Crippen LogP contribution in [0.15, 0.2) is 30.3 Å². The molecule has 0 radical (unpaired) electrons. The van der Waals surface area contributed by atoms with Crippen LogP contribution in [0.1, 0.15) is 98.9 Å². The molecule has 0 atom stereocenters. The van der Waals surface area contributed by atoms with Gasteiger partial charge in [-0.15, -0.1) is 0 Å². The Morgan fingerprint density at radius 3 is 2.21 bits per heavy atom. The maximum absolute atomic E-state index is 14.6. The summed E-state index contributed by atoms with van der Waals surface area (Å²) in [5.41, 5.74) is 1.53. The molecule has 0 aliphatic heterocycles. The van der Waals surface area contributed by atoms with Crippen LogP contribution in [0.4, 0.5) is 17.6 Å². The number of hydrogen-bond acceptors (Lipinski definition) is 1. The quantitative estimate of drug-likeness (QED) is 0.244. The Hall–Kier alpha value is -2.04. The van der Waals surface area contributed by atoms with Crippen molar-refractivity contribution in [2.24, 2.45) is 5.92 Å². The topological polar surface area (TPSA) is 9.23 Å². The first-order chi connectivity index (χ1) is 16.2. The van der Waals surface area contributed by atoms with Crippen molar-refractivity contribution in [3.8, 4) is 5.75 Å². The highest BCUT2D eigenvalue weighted by molar-refractivity contribution is 5.45. The monoisotopic (exact) mass is 478 g/mol. The molecule has 1 aliphatic rings. The lowest BCUT2D eigenvalue weighted by Gasteiger charge is -2.29. The van der Waals surface area contributed by atoms with Crippen molar-refractivity contribution in [3.63, 3.8) is 0 Å². The highest BCUT2D eigenvalue weighted by Crippen LogP contribution is 2.40. The SMILES string of the molecule is CCCCCC1CCC(c2ccc(CCc3c(C)cc(OCC)c(F)c3C(F)(F)F)cc2)CC1. The van der Waals surface area contributed by atoms with Crippen molar-refractivity contribution in [2.75, 3.05) is 6.61 Å². The second-order valence-electron chi connectivity index (χ2n) is 9.74. The van der Waals surface area contributed by atoms with Gasteiger partial charge in [0, 0.05) is 0 Å². The van der Waals surface area contributed by atoms with Crippen molar-refractivity contribution in [3.05, 3.63) is 64.0 Å². The Bertz CT molecular complexity index is 909. The van der Waals surface area contributed by atoms with E-state index in [0.717, 1.165) is 11.5 Å². The zero-order valence-electron chi connectivity index (χ0n) is 20.7. The van der Waals surface area contributed by atoms with E-state index in [1.807, 2.05) is 12.1 Å². The Balaban J connectivity index is 1.64. The summed E-state index contributed by atoms with van der Waals surface area (Å²) in [6.45, 7) is 5.57. The Kier molecular flexibility index (Phi) is 9.44. The highest BCUT2D eigenvalue weighted by atomic mass is 19.4. The minimum absolute atomic E-state index is 0.0129. The molecule has 1 aliphatic carbocycles. The molecule has 188 valence electrons. The second-order valence-corrected chi connectivity index (χ2v) is 9.74. The smallest absolute Gasteiger partial charge is 0.419 e. The van der Waals surface area contributed by atoms with E-state index >= 15 is 0 Å². The van der Waals surface area contributed by atoms with Crippen LogP contribution < -0.4 is 4.74 Å². The van der Waals surface area contributed by atoms with E-state index in [9.17, 15) is 17.6 Å². The second kappa shape index (κ2) is 12.1. The Morgan fingerprint density at radius 1 is 0.941 bits per heavy atom. The average molecular weight is 479 g/mol. The molecule has 0 amide bonds. The van der Waals surface area contributed by atoms with Gasteiger partial charge in [-0.25, -0.2) is 4.39 Å². The molecule has 0 N–H and O–H groups in total. The number of halogens is 4. The third kappa shape index (κ3) is 6.76. The summed E-state index contributed by atoms with van der Waals surface area (Å²) in [7, 11) is 0.